The maximum absolute atomic E-state index is 12.3. The largest absolute Gasteiger partial charge is 0.394 e. The fourth-order valence-electron chi connectivity index (χ4n) is 12.0. The van der Waals surface area contributed by atoms with Gasteiger partial charge in [0.2, 0.25) is 0 Å². The van der Waals surface area contributed by atoms with E-state index in [4.69, 9.17) is 9.47 Å². The molecule has 0 radical (unpaired) electrons. The van der Waals surface area contributed by atoms with E-state index in [0.717, 1.165) is 38.5 Å². The molecule has 5 rings (SSSR count). The van der Waals surface area contributed by atoms with E-state index in [-0.39, 0.29) is 58.4 Å². The highest BCUT2D eigenvalue weighted by atomic mass is 16.7. The zero-order valence-electron chi connectivity index (χ0n) is 29.4. The fourth-order valence-corrected chi connectivity index (χ4v) is 12.0. The van der Waals surface area contributed by atoms with Gasteiger partial charge in [0.1, 0.15) is 24.4 Å². The van der Waals surface area contributed by atoms with Crippen LogP contribution in [-0.2, 0) is 9.47 Å². The van der Waals surface area contributed by atoms with Crippen LogP contribution in [-0.4, -0.2) is 108 Å². The lowest BCUT2D eigenvalue weighted by atomic mass is 9.35. The van der Waals surface area contributed by atoms with Crippen LogP contribution in [0.3, 0.4) is 0 Å². The molecule has 5 aliphatic rings. The van der Waals surface area contributed by atoms with Crippen molar-refractivity contribution in [2.45, 2.75) is 173 Å². The molecular formula is C36H64O10. The fraction of sp³-hybridized carbons (Fsp3) is 1.00. The third-order valence-electron chi connectivity index (χ3n) is 15.1. The van der Waals surface area contributed by atoms with Gasteiger partial charge in [-0.25, -0.2) is 0 Å². The predicted octanol–water partition coefficient (Wildman–Crippen LogP) is 2.49. The Balaban J connectivity index is 1.49. The monoisotopic (exact) mass is 656 g/mol. The zero-order valence-corrected chi connectivity index (χ0v) is 29.4. The van der Waals surface area contributed by atoms with E-state index in [1.807, 2.05) is 6.92 Å². The summed E-state index contributed by atoms with van der Waals surface area (Å²) in [6, 6.07) is 0. The Morgan fingerprint density at radius 3 is 2.07 bits per heavy atom. The van der Waals surface area contributed by atoms with Crippen molar-refractivity contribution >= 4 is 0 Å². The first kappa shape index (κ1) is 36.9. The molecule has 1 heterocycles. The first-order valence-corrected chi connectivity index (χ1v) is 17.8. The first-order valence-electron chi connectivity index (χ1n) is 17.8. The average Bonchev–Trinajstić information content (AvgIpc) is 3.35. The number of rotatable bonds is 8. The summed E-state index contributed by atoms with van der Waals surface area (Å²) in [6.45, 7) is 16.0. The van der Waals surface area contributed by atoms with Crippen LogP contribution >= 0.6 is 0 Å². The second kappa shape index (κ2) is 12.1. The molecule has 4 saturated carbocycles. The minimum Gasteiger partial charge on any atom is -0.394 e. The molecule has 0 aromatic rings. The molecule has 1 aliphatic heterocycles. The first-order chi connectivity index (χ1) is 21.1. The molecule has 4 aliphatic carbocycles. The Morgan fingerprint density at radius 1 is 0.826 bits per heavy atom. The summed E-state index contributed by atoms with van der Waals surface area (Å²) in [7, 11) is 0. The van der Waals surface area contributed by atoms with E-state index in [1.54, 1.807) is 13.8 Å². The lowest BCUT2D eigenvalue weighted by Crippen LogP contribution is -2.67. The molecule has 0 amide bonds. The molecule has 46 heavy (non-hydrogen) atoms. The highest BCUT2D eigenvalue weighted by Crippen LogP contribution is 2.76. The Bertz CT molecular complexity index is 1090. The van der Waals surface area contributed by atoms with Gasteiger partial charge in [0.25, 0.3) is 0 Å². The Morgan fingerprint density at radius 2 is 1.46 bits per heavy atom. The second-order valence-electron chi connectivity index (χ2n) is 18.2. The zero-order chi connectivity index (χ0) is 34.4. The van der Waals surface area contributed by atoms with Gasteiger partial charge in [-0.15, -0.1) is 0 Å². The van der Waals surface area contributed by atoms with E-state index < -0.39 is 60.7 Å². The number of fused-ring (bicyclic) bond motifs is 5. The number of ether oxygens (including phenoxy) is 2. The molecule has 1 unspecified atom stereocenters. The van der Waals surface area contributed by atoms with Crippen LogP contribution in [0.2, 0.25) is 0 Å². The Labute approximate surface area is 275 Å². The van der Waals surface area contributed by atoms with Crippen molar-refractivity contribution in [2.75, 3.05) is 6.61 Å². The number of hydrogen-bond donors (Lipinski definition) is 8. The third-order valence-corrected chi connectivity index (χ3v) is 15.1. The quantitative estimate of drug-likeness (QED) is 0.193. The van der Waals surface area contributed by atoms with Crippen molar-refractivity contribution in [1.82, 2.24) is 0 Å². The van der Waals surface area contributed by atoms with Gasteiger partial charge in [-0.3, -0.25) is 0 Å². The lowest BCUT2D eigenvalue weighted by Gasteiger charge is -2.70. The molecule has 0 aromatic heterocycles. The van der Waals surface area contributed by atoms with Crippen LogP contribution in [0.25, 0.3) is 0 Å². The highest BCUT2D eigenvalue weighted by Gasteiger charge is 2.71. The van der Waals surface area contributed by atoms with Gasteiger partial charge in [0, 0.05) is 0 Å². The highest BCUT2D eigenvalue weighted by molar-refractivity contribution is 5.20. The molecule has 0 bridgehead atoms. The maximum Gasteiger partial charge on any atom is 0.187 e. The minimum absolute atomic E-state index is 0.0181. The number of hydrogen-bond acceptors (Lipinski definition) is 10. The van der Waals surface area contributed by atoms with Gasteiger partial charge in [-0.1, -0.05) is 34.6 Å². The number of aliphatic hydroxyl groups is 8. The lowest BCUT2D eigenvalue weighted by molar-refractivity contribution is -0.336. The SMILES string of the molecule is CC(C)(O)C(O)CC[C@](C)(O[C@@H]1O[C@H](CO)[C@@H](O)[C@H](O)[C@H]1O)[C@H]1CC[C@]2(C)[C@@H]1[C@H](O)C[C@@H]1[C@@]3(C)CC[C@H](O)C(C)(C)[C@@H]3CC[C@]12C. The van der Waals surface area contributed by atoms with Crippen molar-refractivity contribution in [3.63, 3.8) is 0 Å². The van der Waals surface area contributed by atoms with Gasteiger partial charge in [0.15, 0.2) is 6.29 Å². The summed E-state index contributed by atoms with van der Waals surface area (Å²) in [5.41, 5.74) is -2.96. The van der Waals surface area contributed by atoms with Crippen LogP contribution in [0.15, 0.2) is 0 Å². The molecule has 10 nitrogen and oxygen atoms in total. The summed E-state index contributed by atoms with van der Waals surface area (Å²) >= 11 is 0. The molecular weight excluding hydrogens is 592 g/mol. The summed E-state index contributed by atoms with van der Waals surface area (Å²) in [6.07, 6.45) is -2.76. The molecule has 0 spiro atoms. The molecule has 10 heteroatoms. The standard InChI is InChI=1S/C36H64O10/c1-31(2)22-10-15-34(6)23(33(22,5)13-11-24(31)39)17-20(38)26-19(9-14-35(26,34)7)36(8,16-12-25(40)32(3,4)44)46-30-29(43)28(42)27(41)21(18-37)45-30/h19-30,37-44H,9-18H2,1-8H3/t19-,20+,21+,22-,23+,24-,25?,26-,27+,28-,29+,30-,33-,34+,35+,36-/m0/s1. The van der Waals surface area contributed by atoms with Crippen LogP contribution in [0.1, 0.15) is 113 Å². The molecule has 8 N–H and O–H groups in total. The second-order valence-corrected chi connectivity index (χ2v) is 18.2. The predicted molar refractivity (Wildman–Crippen MR) is 171 cm³/mol. The summed E-state index contributed by atoms with van der Waals surface area (Å²) < 4.78 is 12.5. The van der Waals surface area contributed by atoms with Crippen molar-refractivity contribution in [1.29, 1.82) is 0 Å². The van der Waals surface area contributed by atoms with E-state index >= 15 is 0 Å². The Hall–Kier alpha value is -0.400. The smallest absolute Gasteiger partial charge is 0.187 e. The molecule has 0 aromatic carbocycles. The number of aliphatic hydroxyl groups excluding tert-OH is 7. The minimum atomic E-state index is -1.59. The van der Waals surface area contributed by atoms with E-state index in [1.165, 1.54) is 0 Å². The van der Waals surface area contributed by atoms with Crippen LogP contribution < -0.4 is 0 Å². The van der Waals surface area contributed by atoms with E-state index in [0.29, 0.717) is 12.3 Å². The van der Waals surface area contributed by atoms with E-state index in [9.17, 15) is 40.9 Å². The topological polar surface area (TPSA) is 180 Å². The summed E-state index contributed by atoms with van der Waals surface area (Å²) in [5.74, 6) is 0.261. The van der Waals surface area contributed by atoms with Gasteiger partial charge < -0.3 is 50.3 Å². The summed E-state index contributed by atoms with van der Waals surface area (Å²) in [4.78, 5) is 0. The summed E-state index contributed by atoms with van der Waals surface area (Å²) in [5, 5.41) is 86.5. The van der Waals surface area contributed by atoms with Crippen LogP contribution in [0.5, 0.6) is 0 Å². The molecule has 268 valence electrons. The molecule has 1 saturated heterocycles. The Kier molecular flexibility index (Phi) is 9.72. The van der Waals surface area contributed by atoms with Gasteiger partial charge in [-0.2, -0.15) is 0 Å². The maximum atomic E-state index is 12.3. The van der Waals surface area contributed by atoms with Crippen LogP contribution in [0, 0.1) is 45.3 Å². The van der Waals surface area contributed by atoms with Gasteiger partial charge in [-0.05, 0) is 124 Å². The average molecular weight is 657 g/mol. The van der Waals surface area contributed by atoms with Gasteiger partial charge >= 0.3 is 0 Å². The molecule has 5 fully saturated rings. The van der Waals surface area contributed by atoms with Crippen molar-refractivity contribution < 1.29 is 50.3 Å². The van der Waals surface area contributed by atoms with Crippen LogP contribution in [0.4, 0.5) is 0 Å². The van der Waals surface area contributed by atoms with Crippen molar-refractivity contribution in [3.05, 3.63) is 0 Å². The van der Waals surface area contributed by atoms with Crippen molar-refractivity contribution in [2.24, 2.45) is 45.3 Å². The molecule has 16 atom stereocenters. The van der Waals surface area contributed by atoms with Gasteiger partial charge in [0.05, 0.1) is 36.1 Å². The van der Waals surface area contributed by atoms with E-state index in [2.05, 4.69) is 34.6 Å². The van der Waals surface area contributed by atoms with Crippen molar-refractivity contribution in [3.8, 4) is 0 Å². The normalized spacial score (nSPS) is 51.0. The third kappa shape index (κ3) is 5.53.